The van der Waals surface area contributed by atoms with E-state index >= 15 is 0 Å². The summed E-state index contributed by atoms with van der Waals surface area (Å²) in [6.07, 6.45) is 1.31. The fourth-order valence-electron chi connectivity index (χ4n) is 2.98. The highest BCUT2D eigenvalue weighted by atomic mass is 19.4. The van der Waals surface area contributed by atoms with Crippen molar-refractivity contribution >= 4 is 5.95 Å². The van der Waals surface area contributed by atoms with Crippen molar-refractivity contribution in [2.24, 2.45) is 0 Å². The lowest BCUT2D eigenvalue weighted by Gasteiger charge is -2.15. The maximum absolute atomic E-state index is 12.2. The fourth-order valence-corrected chi connectivity index (χ4v) is 2.98. The van der Waals surface area contributed by atoms with E-state index in [9.17, 15) is 13.2 Å². The molecule has 0 amide bonds. The van der Waals surface area contributed by atoms with Gasteiger partial charge in [-0.1, -0.05) is 25.0 Å². The number of halogens is 3. The molecule has 0 bridgehead atoms. The maximum Gasteiger partial charge on any atom is 0.573 e. The summed E-state index contributed by atoms with van der Waals surface area (Å²) in [4.78, 5) is 8.39. The Morgan fingerprint density at radius 1 is 1.09 bits per heavy atom. The Labute approximate surface area is 131 Å². The third-order valence-corrected chi connectivity index (χ3v) is 3.98. The molecule has 1 saturated carbocycles. The van der Waals surface area contributed by atoms with Crippen LogP contribution in [0.15, 0.2) is 30.5 Å². The van der Waals surface area contributed by atoms with Crippen LogP contribution in [0.1, 0.15) is 37.3 Å². The van der Waals surface area contributed by atoms with E-state index < -0.39 is 6.36 Å². The van der Waals surface area contributed by atoms with Gasteiger partial charge in [-0.25, -0.2) is 9.97 Å². The average Bonchev–Trinajstić information content (AvgIpc) is 3.01. The molecule has 0 atom stereocenters. The van der Waals surface area contributed by atoms with Crippen LogP contribution < -0.4 is 10.5 Å². The summed E-state index contributed by atoms with van der Waals surface area (Å²) in [5.74, 6) is 0.286. The number of aromatic nitrogens is 2. The number of alkyl halides is 3. The predicted molar refractivity (Wildman–Crippen MR) is 79.8 cm³/mol. The molecule has 2 N–H and O–H groups in total. The molecule has 4 nitrogen and oxygen atoms in total. The minimum atomic E-state index is -4.69. The average molecular weight is 323 g/mol. The monoisotopic (exact) mass is 323 g/mol. The topological polar surface area (TPSA) is 61.0 Å². The fraction of sp³-hybridized carbons (Fsp3) is 0.375. The van der Waals surface area contributed by atoms with Crippen LogP contribution in [0.4, 0.5) is 19.1 Å². The van der Waals surface area contributed by atoms with Crippen LogP contribution in [-0.4, -0.2) is 16.3 Å². The Kier molecular flexibility index (Phi) is 4.11. The molecule has 1 aromatic heterocycles. The van der Waals surface area contributed by atoms with Gasteiger partial charge < -0.3 is 10.5 Å². The number of nitrogens with two attached hydrogens (primary N) is 1. The van der Waals surface area contributed by atoms with E-state index in [1.54, 1.807) is 18.3 Å². The van der Waals surface area contributed by atoms with Crippen molar-refractivity contribution in [2.75, 3.05) is 5.73 Å². The summed E-state index contributed by atoms with van der Waals surface area (Å²) >= 11 is 0. The molecule has 122 valence electrons. The summed E-state index contributed by atoms with van der Waals surface area (Å²) in [5.41, 5.74) is 8.14. The second-order valence-corrected chi connectivity index (χ2v) is 5.58. The van der Waals surface area contributed by atoms with Crippen LogP contribution in [0.2, 0.25) is 0 Å². The second kappa shape index (κ2) is 6.06. The molecule has 0 unspecified atom stereocenters. The second-order valence-electron chi connectivity index (χ2n) is 5.58. The van der Waals surface area contributed by atoms with Crippen molar-refractivity contribution in [1.82, 2.24) is 9.97 Å². The minimum absolute atomic E-state index is 0.215. The summed E-state index contributed by atoms with van der Waals surface area (Å²) in [7, 11) is 0. The van der Waals surface area contributed by atoms with Gasteiger partial charge >= 0.3 is 6.36 Å². The molecule has 0 spiro atoms. The molecular weight excluding hydrogens is 307 g/mol. The summed E-state index contributed by atoms with van der Waals surface area (Å²) in [6, 6.07) is 5.73. The Hall–Kier alpha value is -2.31. The molecule has 0 aliphatic heterocycles. The number of hydrogen-bond donors (Lipinski definition) is 1. The maximum atomic E-state index is 12.2. The van der Waals surface area contributed by atoms with Gasteiger partial charge in [-0.15, -0.1) is 13.2 Å². The first-order valence-corrected chi connectivity index (χ1v) is 7.41. The van der Waals surface area contributed by atoms with Crippen LogP contribution in [0.25, 0.3) is 11.1 Å². The third-order valence-electron chi connectivity index (χ3n) is 3.98. The largest absolute Gasteiger partial charge is 0.573 e. The number of nitrogens with zero attached hydrogens (tertiary/aromatic N) is 2. The first-order valence-electron chi connectivity index (χ1n) is 7.41. The highest BCUT2D eigenvalue weighted by Crippen LogP contribution is 2.38. The molecule has 23 heavy (non-hydrogen) atoms. The molecule has 1 heterocycles. The van der Waals surface area contributed by atoms with Gasteiger partial charge in [0.25, 0.3) is 0 Å². The molecule has 1 aromatic carbocycles. The molecular formula is C16H16F3N3O. The lowest BCUT2D eigenvalue weighted by Crippen LogP contribution is -2.16. The zero-order chi connectivity index (χ0) is 16.4. The number of anilines is 1. The Bertz CT molecular complexity index is 680. The molecule has 0 saturated heterocycles. The number of rotatable bonds is 3. The third kappa shape index (κ3) is 3.72. The van der Waals surface area contributed by atoms with Crippen molar-refractivity contribution in [2.45, 2.75) is 38.0 Å². The van der Waals surface area contributed by atoms with Crippen molar-refractivity contribution in [3.8, 4) is 16.9 Å². The van der Waals surface area contributed by atoms with Gasteiger partial charge in [0.15, 0.2) is 0 Å². The first-order chi connectivity index (χ1) is 10.9. The van der Waals surface area contributed by atoms with E-state index in [1.807, 2.05) is 0 Å². The molecule has 1 aliphatic rings. The number of benzene rings is 1. The Morgan fingerprint density at radius 2 is 1.74 bits per heavy atom. The number of ether oxygens (including phenoxy) is 1. The zero-order valence-corrected chi connectivity index (χ0v) is 12.3. The highest BCUT2D eigenvalue weighted by molar-refractivity contribution is 5.67. The summed E-state index contributed by atoms with van der Waals surface area (Å²) < 4.78 is 40.6. The normalized spacial score (nSPS) is 15.8. The zero-order valence-electron chi connectivity index (χ0n) is 12.3. The van der Waals surface area contributed by atoms with Gasteiger partial charge in [0.2, 0.25) is 5.95 Å². The molecule has 0 radical (unpaired) electrons. The first kappa shape index (κ1) is 15.6. The smallest absolute Gasteiger partial charge is 0.406 e. The molecule has 2 aromatic rings. The SMILES string of the molecule is Nc1ncc(-c2ccc(OC(F)(F)F)cc2)c(C2CCCC2)n1. The van der Waals surface area contributed by atoms with E-state index in [0.29, 0.717) is 5.92 Å². The minimum Gasteiger partial charge on any atom is -0.406 e. The standard InChI is InChI=1S/C16H16F3N3O/c17-16(18,19)23-12-7-5-10(6-8-12)13-9-21-15(20)22-14(13)11-3-1-2-4-11/h5-9,11H,1-4H2,(H2,20,21,22). The molecule has 3 rings (SSSR count). The Balaban J connectivity index is 1.92. The molecule has 1 aliphatic carbocycles. The van der Waals surface area contributed by atoms with Crippen molar-refractivity contribution < 1.29 is 17.9 Å². The van der Waals surface area contributed by atoms with E-state index in [4.69, 9.17) is 5.73 Å². The van der Waals surface area contributed by atoms with Crippen LogP contribution in [0.5, 0.6) is 5.75 Å². The van der Waals surface area contributed by atoms with E-state index in [0.717, 1.165) is 42.5 Å². The van der Waals surface area contributed by atoms with Crippen molar-refractivity contribution in [3.63, 3.8) is 0 Å². The summed E-state index contributed by atoms with van der Waals surface area (Å²) in [6.45, 7) is 0. The van der Waals surface area contributed by atoms with Gasteiger partial charge in [-0.05, 0) is 30.5 Å². The van der Waals surface area contributed by atoms with Crippen LogP contribution in [-0.2, 0) is 0 Å². The predicted octanol–water partition coefficient (Wildman–Crippen LogP) is 4.28. The quantitative estimate of drug-likeness (QED) is 0.915. The van der Waals surface area contributed by atoms with E-state index in [2.05, 4.69) is 14.7 Å². The number of hydrogen-bond acceptors (Lipinski definition) is 4. The lowest BCUT2D eigenvalue weighted by molar-refractivity contribution is -0.274. The van der Waals surface area contributed by atoms with Gasteiger partial charge in [-0.3, -0.25) is 0 Å². The van der Waals surface area contributed by atoms with Crippen LogP contribution in [0.3, 0.4) is 0 Å². The van der Waals surface area contributed by atoms with Crippen molar-refractivity contribution in [1.29, 1.82) is 0 Å². The van der Waals surface area contributed by atoms with E-state index in [1.165, 1.54) is 12.1 Å². The van der Waals surface area contributed by atoms with E-state index in [-0.39, 0.29) is 11.7 Å². The van der Waals surface area contributed by atoms with Gasteiger partial charge in [0.1, 0.15) is 5.75 Å². The molecule has 7 heteroatoms. The lowest BCUT2D eigenvalue weighted by atomic mass is 9.95. The molecule has 1 fully saturated rings. The van der Waals surface area contributed by atoms with Crippen molar-refractivity contribution in [3.05, 3.63) is 36.2 Å². The summed E-state index contributed by atoms with van der Waals surface area (Å²) in [5, 5.41) is 0. The van der Waals surface area contributed by atoms with Gasteiger partial charge in [-0.2, -0.15) is 0 Å². The van der Waals surface area contributed by atoms with Crippen LogP contribution in [0, 0.1) is 0 Å². The van der Waals surface area contributed by atoms with Gasteiger partial charge in [0, 0.05) is 17.7 Å². The Morgan fingerprint density at radius 3 is 2.35 bits per heavy atom. The highest BCUT2D eigenvalue weighted by Gasteiger charge is 2.31. The van der Waals surface area contributed by atoms with Gasteiger partial charge in [0.05, 0.1) is 5.69 Å². The number of nitrogen functional groups attached to an aromatic ring is 1. The van der Waals surface area contributed by atoms with Crippen LogP contribution >= 0.6 is 0 Å².